The van der Waals surface area contributed by atoms with Crippen molar-refractivity contribution in [2.45, 2.75) is 19.0 Å². The molecule has 0 radical (unpaired) electrons. The van der Waals surface area contributed by atoms with E-state index in [-0.39, 0.29) is 5.92 Å². The van der Waals surface area contributed by atoms with Gasteiger partial charge >= 0.3 is 6.18 Å². The Hall–Kier alpha value is -1.49. The summed E-state index contributed by atoms with van der Waals surface area (Å²) in [5, 5.41) is 0.630. The number of hydrogen-bond donors (Lipinski definition) is 1. The number of alkyl halides is 3. The van der Waals surface area contributed by atoms with Crippen molar-refractivity contribution in [3.05, 3.63) is 35.5 Å². The molecule has 2 aromatic rings. The van der Waals surface area contributed by atoms with E-state index in [1.54, 1.807) is 0 Å². The van der Waals surface area contributed by atoms with E-state index >= 15 is 0 Å². The largest absolute Gasteiger partial charge is 0.416 e. The average molecular weight is 256 g/mol. The van der Waals surface area contributed by atoms with Crippen LogP contribution >= 0.6 is 0 Å². The minimum absolute atomic E-state index is 0.0391. The van der Waals surface area contributed by atoms with E-state index in [4.69, 9.17) is 5.73 Å². The lowest BCUT2D eigenvalue weighted by Gasteiger charge is -2.09. The number of fused-ring (bicyclic) bond motifs is 1. The fraction of sp³-hybridized carbons (Fsp3) is 0.385. The Labute approximate surface area is 103 Å². The Bertz CT molecular complexity index is 569. The minimum Gasteiger partial charge on any atom is -0.350 e. The number of nitrogens with two attached hydrogens (primary N) is 1. The average Bonchev–Trinajstić information content (AvgIpc) is 2.64. The van der Waals surface area contributed by atoms with Gasteiger partial charge in [0.1, 0.15) is 0 Å². The monoisotopic (exact) mass is 256 g/mol. The van der Waals surface area contributed by atoms with Gasteiger partial charge in [0.2, 0.25) is 0 Å². The second kappa shape index (κ2) is 4.31. The lowest BCUT2D eigenvalue weighted by Crippen LogP contribution is -2.09. The van der Waals surface area contributed by atoms with Crippen molar-refractivity contribution >= 4 is 10.9 Å². The maximum atomic E-state index is 12.7. The van der Waals surface area contributed by atoms with Crippen LogP contribution < -0.4 is 5.73 Å². The minimum atomic E-state index is -4.31. The zero-order chi connectivity index (χ0) is 13.5. The molecule has 0 saturated carbocycles. The Morgan fingerprint density at radius 2 is 2.00 bits per heavy atom. The molecular weight excluding hydrogens is 241 g/mol. The Kier molecular flexibility index (Phi) is 3.11. The van der Waals surface area contributed by atoms with Gasteiger partial charge in [-0.2, -0.15) is 13.2 Å². The number of benzene rings is 1. The van der Waals surface area contributed by atoms with Crippen LogP contribution in [0.25, 0.3) is 10.9 Å². The van der Waals surface area contributed by atoms with Gasteiger partial charge in [0.05, 0.1) is 5.56 Å². The highest BCUT2D eigenvalue weighted by atomic mass is 19.4. The maximum Gasteiger partial charge on any atom is 0.416 e. The van der Waals surface area contributed by atoms with Gasteiger partial charge in [0, 0.05) is 24.1 Å². The van der Waals surface area contributed by atoms with Crippen LogP contribution in [0, 0.1) is 0 Å². The molecule has 0 aliphatic rings. The first kappa shape index (κ1) is 13.0. The topological polar surface area (TPSA) is 30.9 Å². The molecule has 1 heterocycles. The zero-order valence-corrected chi connectivity index (χ0v) is 10.3. The van der Waals surface area contributed by atoms with Gasteiger partial charge in [-0.05, 0) is 36.2 Å². The fourth-order valence-corrected chi connectivity index (χ4v) is 2.12. The first-order valence-electron chi connectivity index (χ1n) is 5.71. The maximum absolute atomic E-state index is 12.7. The SMILES string of the molecule is CC(CN)c1cn(C)c2ccc(C(F)(F)F)cc12. The summed E-state index contributed by atoms with van der Waals surface area (Å²) in [7, 11) is 1.82. The molecule has 2 nitrogen and oxygen atoms in total. The number of aryl methyl sites for hydroxylation is 1. The quantitative estimate of drug-likeness (QED) is 0.878. The Balaban J connectivity index is 2.67. The second-order valence-corrected chi connectivity index (χ2v) is 4.56. The summed E-state index contributed by atoms with van der Waals surface area (Å²) < 4.78 is 39.9. The highest BCUT2D eigenvalue weighted by Crippen LogP contribution is 2.34. The summed E-state index contributed by atoms with van der Waals surface area (Å²) in [5.74, 6) is 0.0391. The van der Waals surface area contributed by atoms with E-state index in [0.717, 1.165) is 17.1 Å². The van der Waals surface area contributed by atoms with Crippen LogP contribution in [0.4, 0.5) is 13.2 Å². The molecule has 98 valence electrons. The summed E-state index contributed by atoms with van der Waals surface area (Å²) in [5.41, 5.74) is 6.63. The second-order valence-electron chi connectivity index (χ2n) is 4.56. The molecule has 0 fully saturated rings. The molecule has 18 heavy (non-hydrogen) atoms. The van der Waals surface area contributed by atoms with Crippen molar-refractivity contribution in [1.82, 2.24) is 4.57 Å². The summed E-state index contributed by atoms with van der Waals surface area (Å²) in [4.78, 5) is 0. The van der Waals surface area contributed by atoms with Crippen LogP contribution in [0.15, 0.2) is 24.4 Å². The van der Waals surface area contributed by atoms with Crippen LogP contribution in [-0.2, 0) is 13.2 Å². The van der Waals surface area contributed by atoms with Crippen molar-refractivity contribution in [1.29, 1.82) is 0 Å². The highest BCUT2D eigenvalue weighted by molar-refractivity contribution is 5.85. The standard InChI is InChI=1S/C13H15F3N2/c1-8(6-17)11-7-18(2)12-4-3-9(5-10(11)12)13(14,15)16/h3-5,7-8H,6,17H2,1-2H3. The van der Waals surface area contributed by atoms with E-state index in [1.807, 2.05) is 24.7 Å². The van der Waals surface area contributed by atoms with Crippen LogP contribution in [0.3, 0.4) is 0 Å². The molecule has 2 rings (SSSR count). The molecule has 0 aliphatic carbocycles. The fourth-order valence-electron chi connectivity index (χ4n) is 2.12. The Morgan fingerprint density at radius 3 is 2.56 bits per heavy atom. The molecule has 1 aromatic carbocycles. The summed E-state index contributed by atoms with van der Waals surface area (Å²) in [6, 6.07) is 3.82. The molecule has 0 bridgehead atoms. The third-order valence-electron chi connectivity index (χ3n) is 3.23. The molecule has 0 spiro atoms. The van der Waals surface area contributed by atoms with Crippen LogP contribution in [0.1, 0.15) is 24.0 Å². The van der Waals surface area contributed by atoms with Gasteiger partial charge < -0.3 is 10.3 Å². The summed E-state index contributed by atoms with van der Waals surface area (Å²) in [6.07, 6.45) is -2.46. The van der Waals surface area contributed by atoms with Gasteiger partial charge in [-0.25, -0.2) is 0 Å². The van der Waals surface area contributed by atoms with Crippen molar-refractivity contribution < 1.29 is 13.2 Å². The van der Waals surface area contributed by atoms with Crippen molar-refractivity contribution in [2.75, 3.05) is 6.54 Å². The van der Waals surface area contributed by atoms with Gasteiger partial charge in [-0.3, -0.25) is 0 Å². The lowest BCUT2D eigenvalue weighted by atomic mass is 9.99. The number of rotatable bonds is 2. The molecule has 2 N–H and O–H groups in total. The molecular formula is C13H15F3N2. The van der Waals surface area contributed by atoms with E-state index in [9.17, 15) is 13.2 Å². The van der Waals surface area contributed by atoms with Crippen LogP contribution in [0.2, 0.25) is 0 Å². The lowest BCUT2D eigenvalue weighted by molar-refractivity contribution is -0.137. The number of hydrogen-bond acceptors (Lipinski definition) is 1. The Morgan fingerprint density at radius 1 is 1.33 bits per heavy atom. The third-order valence-corrected chi connectivity index (χ3v) is 3.23. The highest BCUT2D eigenvalue weighted by Gasteiger charge is 2.31. The predicted octanol–water partition coefficient (Wildman–Crippen LogP) is 3.26. The number of nitrogens with zero attached hydrogens (tertiary/aromatic N) is 1. The molecule has 0 amide bonds. The van der Waals surface area contributed by atoms with Gasteiger partial charge in [-0.15, -0.1) is 0 Å². The first-order chi connectivity index (χ1) is 8.34. The van der Waals surface area contributed by atoms with E-state index in [1.165, 1.54) is 12.1 Å². The van der Waals surface area contributed by atoms with Crippen LogP contribution in [-0.4, -0.2) is 11.1 Å². The zero-order valence-electron chi connectivity index (χ0n) is 10.3. The summed E-state index contributed by atoms with van der Waals surface area (Å²) >= 11 is 0. The molecule has 1 atom stereocenters. The smallest absolute Gasteiger partial charge is 0.350 e. The normalized spacial score (nSPS) is 14.1. The third kappa shape index (κ3) is 2.10. The summed E-state index contributed by atoms with van der Waals surface area (Å²) in [6.45, 7) is 2.32. The molecule has 1 unspecified atom stereocenters. The molecule has 1 aromatic heterocycles. The van der Waals surface area contributed by atoms with Gasteiger partial charge in [0.15, 0.2) is 0 Å². The molecule has 0 aliphatic heterocycles. The van der Waals surface area contributed by atoms with E-state index < -0.39 is 11.7 Å². The first-order valence-corrected chi connectivity index (χ1v) is 5.71. The van der Waals surface area contributed by atoms with Crippen molar-refractivity contribution in [3.8, 4) is 0 Å². The predicted molar refractivity (Wildman–Crippen MR) is 65.4 cm³/mol. The van der Waals surface area contributed by atoms with Crippen LogP contribution in [0.5, 0.6) is 0 Å². The van der Waals surface area contributed by atoms with Crippen molar-refractivity contribution in [3.63, 3.8) is 0 Å². The van der Waals surface area contributed by atoms with Crippen molar-refractivity contribution in [2.24, 2.45) is 12.8 Å². The number of aromatic nitrogens is 1. The van der Waals surface area contributed by atoms with E-state index in [2.05, 4.69) is 0 Å². The molecule has 0 saturated heterocycles. The van der Waals surface area contributed by atoms with Gasteiger partial charge in [-0.1, -0.05) is 6.92 Å². The molecule has 5 heteroatoms. The number of halogens is 3. The van der Waals surface area contributed by atoms with E-state index in [0.29, 0.717) is 11.9 Å². The van der Waals surface area contributed by atoms with Gasteiger partial charge in [0.25, 0.3) is 0 Å².